The zero-order valence-electron chi connectivity index (χ0n) is 34.0. The molecule has 6 N–H and O–H groups in total. The van der Waals surface area contributed by atoms with E-state index in [2.05, 4.69) is 25.9 Å². The molecule has 12 nitrogen and oxygen atoms in total. The molecule has 4 atom stereocenters. The minimum absolute atomic E-state index is 0.120. The number of halogens is 1. The van der Waals surface area contributed by atoms with Gasteiger partial charge in [-0.3, -0.25) is 19.4 Å². The summed E-state index contributed by atoms with van der Waals surface area (Å²) in [5, 5.41) is 17.2. The Labute approximate surface area is 368 Å². The van der Waals surface area contributed by atoms with Crippen LogP contribution in [0.25, 0.3) is 11.1 Å². The fourth-order valence-electron chi connectivity index (χ4n) is 8.19. The molecule has 6 aromatic rings. The number of fused-ring (bicyclic) bond motifs is 4. The normalized spacial score (nSPS) is 21.9. The number of amides is 2. The largest absolute Gasteiger partial charge is 0.488 e. The van der Waals surface area contributed by atoms with Crippen molar-refractivity contribution in [3.63, 3.8) is 0 Å². The third kappa shape index (κ3) is 7.95. The molecule has 0 aliphatic carbocycles. The Hall–Kier alpha value is -6.74. The van der Waals surface area contributed by atoms with Crippen molar-refractivity contribution in [2.75, 3.05) is 14.1 Å². The van der Waals surface area contributed by atoms with Crippen molar-refractivity contribution >= 4 is 52.2 Å². The Morgan fingerprint density at radius 2 is 1.02 bits per heavy atom. The van der Waals surface area contributed by atoms with Gasteiger partial charge in [-0.05, 0) is 58.0 Å². The highest BCUT2D eigenvalue weighted by atomic mass is 79.9. The number of ether oxygens (including phenoxy) is 2. The van der Waals surface area contributed by atoms with E-state index in [0.717, 1.165) is 37.9 Å². The second-order valence-corrected chi connectivity index (χ2v) is 16.2. The summed E-state index contributed by atoms with van der Waals surface area (Å²) in [6.07, 6.45) is 0.293. The van der Waals surface area contributed by atoms with Crippen LogP contribution in [0.1, 0.15) is 47.3 Å². The maximum absolute atomic E-state index is 13.4. The van der Waals surface area contributed by atoms with Gasteiger partial charge in [0.1, 0.15) is 23.7 Å². The first-order valence-electron chi connectivity index (χ1n) is 20.0. The van der Waals surface area contributed by atoms with E-state index in [0.29, 0.717) is 29.8 Å². The second-order valence-electron chi connectivity index (χ2n) is 15.3. The van der Waals surface area contributed by atoms with Crippen molar-refractivity contribution in [2.24, 2.45) is 21.5 Å². The second kappa shape index (κ2) is 17.3. The molecule has 4 unspecified atom stereocenters. The van der Waals surface area contributed by atoms with Crippen LogP contribution in [-0.4, -0.2) is 64.8 Å². The quantitative estimate of drug-likeness (QED) is 0.152. The lowest BCUT2D eigenvalue weighted by Crippen LogP contribution is -2.43. The molecule has 0 aromatic heterocycles. The fourth-order valence-corrected chi connectivity index (χ4v) is 8.55. The van der Waals surface area contributed by atoms with E-state index in [4.69, 9.17) is 31.0 Å². The van der Waals surface area contributed by atoms with Gasteiger partial charge in [-0.1, -0.05) is 143 Å². The van der Waals surface area contributed by atoms with Crippen LogP contribution in [0.2, 0.25) is 0 Å². The first kappa shape index (κ1) is 42.0. The number of likely N-dealkylation sites (N-methyl/N-ethyl adjacent to an activating group) is 2. The first-order chi connectivity index (χ1) is 29.9. The predicted molar refractivity (Wildman–Crippen MR) is 243 cm³/mol. The van der Waals surface area contributed by atoms with Crippen molar-refractivity contribution in [1.29, 1.82) is 0 Å². The Balaban J connectivity index is 0.000000144. The van der Waals surface area contributed by atoms with Crippen molar-refractivity contribution in [3.8, 4) is 22.6 Å². The van der Waals surface area contributed by atoms with E-state index in [1.807, 2.05) is 133 Å². The topological polar surface area (TPSA) is 176 Å². The van der Waals surface area contributed by atoms with Gasteiger partial charge in [0.15, 0.2) is 23.0 Å². The van der Waals surface area contributed by atoms with Gasteiger partial charge < -0.3 is 31.0 Å². The molecule has 4 aliphatic heterocycles. The van der Waals surface area contributed by atoms with E-state index in [9.17, 15) is 9.59 Å². The monoisotopic (exact) mass is 890 g/mol. The van der Waals surface area contributed by atoms with Crippen molar-refractivity contribution in [1.82, 2.24) is 9.80 Å². The number of hydrogen-bond donors (Lipinski definition) is 4. The van der Waals surface area contributed by atoms with Gasteiger partial charge in [0.25, 0.3) is 11.8 Å². The molecule has 0 bridgehead atoms. The van der Waals surface area contributed by atoms with Crippen LogP contribution >= 0.6 is 15.9 Å². The van der Waals surface area contributed by atoms with Gasteiger partial charge in [0, 0.05) is 42.5 Å². The Kier molecular flexibility index (Phi) is 11.7. The van der Waals surface area contributed by atoms with E-state index in [1.54, 1.807) is 38.4 Å². The molecule has 62 heavy (non-hydrogen) atoms. The van der Waals surface area contributed by atoms with Gasteiger partial charge in [0.05, 0.1) is 0 Å². The molecule has 2 amide bonds. The number of guanidine groups is 2. The highest BCUT2D eigenvalue weighted by Gasteiger charge is 2.55. The molecule has 6 aromatic carbocycles. The molecule has 14 heteroatoms. The summed E-state index contributed by atoms with van der Waals surface area (Å²) in [6, 6.07) is 50.2. The summed E-state index contributed by atoms with van der Waals surface area (Å²) in [4.78, 5) is 38.5. The summed E-state index contributed by atoms with van der Waals surface area (Å²) in [5.41, 5.74) is 16.1. The summed E-state index contributed by atoms with van der Waals surface area (Å²) >= 11 is 3.47. The fraction of sp³-hybridized carbons (Fsp3) is 0.167. The lowest BCUT2D eigenvalue weighted by atomic mass is 9.79. The highest BCUT2D eigenvalue weighted by Crippen LogP contribution is 2.52. The standard InChI is InChI=1S/C24H21N3O2.C18H16BrN3O2.C6H7BO2/c1-27-22(28)24(26-23(27)25)15-21(17-10-6-3-7-11-17)29-20-13-12-18(14-19(20)24)16-8-4-2-5-9-16;1-22-16(23)18(21-17(22)20)10-15(11-5-3-2-4-6-11)24-14-8-7-12(19)9-13(14)18;8-7(9)6-4-2-1-3-5-6/h2-14,21H,15H2,1H3,(H2,25,26);2-9,15H,10H2,1H3,(H2,20,21);1-5,8-9H. The molecule has 0 fully saturated rings. The number of aliphatic imine (C=N–C) groups is 2. The van der Waals surface area contributed by atoms with Crippen molar-refractivity contribution < 1.29 is 29.1 Å². The Morgan fingerprint density at radius 1 is 0.597 bits per heavy atom. The van der Waals surface area contributed by atoms with Crippen LogP contribution in [-0.2, 0) is 20.7 Å². The minimum Gasteiger partial charge on any atom is -0.485 e. The molecule has 0 saturated heterocycles. The summed E-state index contributed by atoms with van der Waals surface area (Å²) in [6.45, 7) is 0. The molecular formula is C48H44BBrN6O6. The van der Waals surface area contributed by atoms with Crippen LogP contribution in [0.5, 0.6) is 11.5 Å². The molecular weight excluding hydrogens is 847 g/mol. The van der Waals surface area contributed by atoms with Gasteiger partial charge in [-0.15, -0.1) is 0 Å². The van der Waals surface area contributed by atoms with Crippen molar-refractivity contribution in [3.05, 3.63) is 184 Å². The van der Waals surface area contributed by atoms with Crippen LogP contribution in [0.15, 0.2) is 172 Å². The van der Waals surface area contributed by atoms with E-state index >= 15 is 0 Å². The van der Waals surface area contributed by atoms with Gasteiger partial charge in [-0.2, -0.15) is 0 Å². The van der Waals surface area contributed by atoms with Crippen LogP contribution in [0.3, 0.4) is 0 Å². The first-order valence-corrected chi connectivity index (χ1v) is 20.8. The van der Waals surface area contributed by atoms with Gasteiger partial charge in [-0.25, -0.2) is 9.98 Å². The van der Waals surface area contributed by atoms with E-state index in [1.165, 1.54) is 9.80 Å². The number of benzene rings is 6. The number of rotatable bonds is 4. The maximum atomic E-state index is 13.4. The number of nitrogens with zero attached hydrogens (tertiary/aromatic N) is 4. The van der Waals surface area contributed by atoms with Crippen molar-refractivity contribution in [2.45, 2.75) is 36.1 Å². The predicted octanol–water partition coefficient (Wildman–Crippen LogP) is 6.18. The lowest BCUT2D eigenvalue weighted by molar-refractivity contribution is -0.133. The van der Waals surface area contributed by atoms with Crippen LogP contribution < -0.4 is 26.4 Å². The van der Waals surface area contributed by atoms with Crippen LogP contribution in [0.4, 0.5) is 0 Å². The third-order valence-corrected chi connectivity index (χ3v) is 12.0. The molecule has 4 heterocycles. The zero-order valence-corrected chi connectivity index (χ0v) is 35.6. The van der Waals surface area contributed by atoms with Crippen LogP contribution in [0, 0.1) is 0 Å². The summed E-state index contributed by atoms with van der Waals surface area (Å²) < 4.78 is 13.4. The molecule has 312 valence electrons. The minimum atomic E-state index is -1.34. The number of carbonyl (C=O) groups is 2. The molecule has 0 saturated carbocycles. The average molecular weight is 892 g/mol. The highest BCUT2D eigenvalue weighted by molar-refractivity contribution is 9.10. The van der Waals surface area contributed by atoms with Gasteiger partial charge >= 0.3 is 7.12 Å². The molecule has 0 radical (unpaired) electrons. The van der Waals surface area contributed by atoms with Gasteiger partial charge in [0.2, 0.25) is 0 Å². The number of hydrogen-bond acceptors (Lipinski definition) is 10. The molecule has 2 spiro atoms. The Bertz CT molecular complexity index is 2660. The maximum Gasteiger partial charge on any atom is 0.488 e. The number of carbonyl (C=O) groups excluding carboxylic acids is 2. The SMILES string of the molecule is CN1C(=O)C2(CC(c3ccccc3)Oc3ccc(-c4ccccc4)cc32)N=C1N.CN1C(=O)C2(CC(c3ccccc3)Oc3ccc(Br)cc32)N=C1N.OB(O)c1ccccc1. The lowest BCUT2D eigenvalue weighted by Gasteiger charge is -2.37. The van der Waals surface area contributed by atoms with E-state index in [-0.39, 0.29) is 35.9 Å². The smallest absolute Gasteiger partial charge is 0.485 e. The summed E-state index contributed by atoms with van der Waals surface area (Å²) in [5.74, 6) is 1.57. The third-order valence-electron chi connectivity index (χ3n) is 11.5. The average Bonchev–Trinajstić information content (AvgIpc) is 3.65. The zero-order chi connectivity index (χ0) is 43.6. The Morgan fingerprint density at radius 3 is 1.44 bits per heavy atom. The molecule has 4 aliphatic rings. The summed E-state index contributed by atoms with van der Waals surface area (Å²) in [7, 11) is 1.98. The number of nitrogens with two attached hydrogens (primary N) is 2. The van der Waals surface area contributed by atoms with E-state index < -0.39 is 18.2 Å². The molecule has 10 rings (SSSR count).